The van der Waals surface area contributed by atoms with Crippen LogP contribution >= 0.6 is 0 Å². The van der Waals surface area contributed by atoms with Crippen LogP contribution in [0.4, 0.5) is 27.6 Å². The summed E-state index contributed by atoms with van der Waals surface area (Å²) in [7, 11) is -4.05. The summed E-state index contributed by atoms with van der Waals surface area (Å²) in [4.78, 5) is 0. The molecule has 0 bridgehead atoms. The molecule has 3 aromatic rings. The van der Waals surface area contributed by atoms with Crippen LogP contribution in [0.15, 0.2) is 72.8 Å². The van der Waals surface area contributed by atoms with Crippen molar-refractivity contribution in [3.63, 3.8) is 0 Å². The molecule has 5 nitrogen and oxygen atoms in total. The Labute approximate surface area is 212 Å². The van der Waals surface area contributed by atoms with Crippen LogP contribution in [0, 0.1) is 17.6 Å². The maximum absolute atomic E-state index is 13.6. The van der Waals surface area contributed by atoms with Gasteiger partial charge >= 0.3 is 16.6 Å². The fourth-order valence-corrected chi connectivity index (χ4v) is 5.96. The lowest BCUT2D eigenvalue weighted by atomic mass is 9.78. The quantitative estimate of drug-likeness (QED) is 0.350. The van der Waals surface area contributed by atoms with Gasteiger partial charge in [0.25, 0.3) is 0 Å². The van der Waals surface area contributed by atoms with E-state index >= 15 is 0 Å². The average Bonchev–Trinajstić information content (AvgIpc) is 3.09. The third kappa shape index (κ3) is 7.20. The van der Waals surface area contributed by atoms with Crippen LogP contribution in [-0.2, 0) is 10.2 Å². The van der Waals surface area contributed by atoms with E-state index in [2.05, 4.69) is 9.46 Å². The number of rotatable bonds is 7. The zero-order chi connectivity index (χ0) is 26.6. The lowest BCUT2D eigenvalue weighted by Gasteiger charge is -2.31. The summed E-state index contributed by atoms with van der Waals surface area (Å²) >= 11 is 0. The number of alkyl halides is 3. The molecule has 0 spiro atoms. The largest absolute Gasteiger partial charge is 0.573 e. The Morgan fingerprint density at radius 2 is 1.38 bits per heavy atom. The summed E-state index contributed by atoms with van der Waals surface area (Å²) in [5.41, 5.74) is 1.65. The minimum absolute atomic E-state index is 0.0870. The Morgan fingerprint density at radius 1 is 0.838 bits per heavy atom. The molecule has 37 heavy (non-hydrogen) atoms. The third-order valence-corrected chi connectivity index (χ3v) is 7.78. The first-order valence-electron chi connectivity index (χ1n) is 11.6. The topological polar surface area (TPSA) is 58.6 Å². The van der Waals surface area contributed by atoms with E-state index in [0.29, 0.717) is 12.8 Å². The van der Waals surface area contributed by atoms with Gasteiger partial charge in [0.1, 0.15) is 17.4 Å². The second-order valence-electron chi connectivity index (χ2n) is 8.87. The Hall–Kier alpha value is -3.18. The predicted molar refractivity (Wildman–Crippen MR) is 129 cm³/mol. The molecule has 1 unspecified atom stereocenters. The number of halogens is 5. The fraction of sp³-hybridized carbons (Fsp3) is 0.308. The van der Waals surface area contributed by atoms with Gasteiger partial charge in [-0.2, -0.15) is 12.7 Å². The average molecular weight is 541 g/mol. The molecule has 198 valence electrons. The van der Waals surface area contributed by atoms with Crippen molar-refractivity contribution in [2.24, 2.45) is 5.92 Å². The minimum atomic E-state index is -4.85. The molecule has 0 amide bonds. The predicted octanol–water partition coefficient (Wildman–Crippen LogP) is 6.45. The van der Waals surface area contributed by atoms with Gasteiger partial charge in [-0.15, -0.1) is 13.2 Å². The van der Waals surface area contributed by atoms with E-state index in [4.69, 9.17) is 0 Å². The zero-order valence-corrected chi connectivity index (χ0v) is 20.4. The molecule has 0 aliphatic carbocycles. The Kier molecular flexibility index (Phi) is 8.03. The second kappa shape index (κ2) is 11.1. The number of nitrogens with zero attached hydrogens (tertiary/aromatic N) is 1. The van der Waals surface area contributed by atoms with Gasteiger partial charge in [-0.25, -0.2) is 8.78 Å². The number of anilines is 1. The van der Waals surface area contributed by atoms with Crippen LogP contribution in [-0.4, -0.2) is 32.2 Å². The maximum atomic E-state index is 13.6. The van der Waals surface area contributed by atoms with Crippen molar-refractivity contribution in [3.05, 3.63) is 95.6 Å². The lowest BCUT2D eigenvalue weighted by molar-refractivity contribution is -0.274. The fourth-order valence-electron chi connectivity index (χ4n) is 4.64. The molecular weight excluding hydrogens is 515 g/mol. The molecule has 4 rings (SSSR count). The van der Waals surface area contributed by atoms with Gasteiger partial charge in [0, 0.05) is 19.0 Å². The van der Waals surface area contributed by atoms with E-state index in [-0.39, 0.29) is 30.6 Å². The molecule has 3 aromatic carbocycles. The van der Waals surface area contributed by atoms with Crippen molar-refractivity contribution in [3.8, 4) is 5.75 Å². The third-order valence-electron chi connectivity index (χ3n) is 6.27. The lowest BCUT2D eigenvalue weighted by Crippen LogP contribution is -2.39. The van der Waals surface area contributed by atoms with Crippen LogP contribution in [0.1, 0.15) is 36.3 Å². The Bertz CT molecular complexity index is 1240. The molecule has 0 radical (unpaired) electrons. The van der Waals surface area contributed by atoms with Crippen molar-refractivity contribution in [1.29, 1.82) is 0 Å². The van der Waals surface area contributed by atoms with E-state index in [0.717, 1.165) is 29.7 Å². The number of hydrogen-bond acceptors (Lipinski definition) is 3. The van der Waals surface area contributed by atoms with Gasteiger partial charge in [-0.3, -0.25) is 4.72 Å². The first-order chi connectivity index (χ1) is 17.5. The highest BCUT2D eigenvalue weighted by Crippen LogP contribution is 2.38. The number of benzene rings is 3. The highest BCUT2D eigenvalue weighted by Gasteiger charge is 2.34. The van der Waals surface area contributed by atoms with E-state index in [1.807, 2.05) is 0 Å². The van der Waals surface area contributed by atoms with Crippen LogP contribution < -0.4 is 9.46 Å². The summed E-state index contributed by atoms with van der Waals surface area (Å²) in [6, 6.07) is 16.4. The first kappa shape index (κ1) is 26.9. The second-order valence-corrected chi connectivity index (χ2v) is 10.5. The molecule has 0 saturated carbocycles. The van der Waals surface area contributed by atoms with Crippen molar-refractivity contribution in [1.82, 2.24) is 4.31 Å². The first-order valence-corrected chi connectivity index (χ1v) is 13.1. The van der Waals surface area contributed by atoms with Crippen molar-refractivity contribution < 1.29 is 35.1 Å². The normalized spacial score (nSPS) is 17.4. The van der Waals surface area contributed by atoms with Gasteiger partial charge in [-0.1, -0.05) is 30.7 Å². The smallest absolute Gasteiger partial charge is 0.406 e. The molecule has 1 fully saturated rings. The standard InChI is InChI=1S/C26H25F5N2O3S/c27-21-8-4-18(5-9-21)25(19-6-10-22(28)11-7-19)20-3-1-2-16-33(17-20)37(34,35)32-23-12-14-24(15-13-23)36-26(29,30)31/h4-15,20,25,32H,1-3,16-17H2. The highest BCUT2D eigenvalue weighted by molar-refractivity contribution is 7.90. The summed E-state index contributed by atoms with van der Waals surface area (Å²) in [6.07, 6.45) is -2.81. The van der Waals surface area contributed by atoms with Crippen LogP contribution in [0.3, 0.4) is 0 Å². The van der Waals surface area contributed by atoms with Crippen molar-refractivity contribution in [2.75, 3.05) is 17.8 Å². The van der Waals surface area contributed by atoms with Gasteiger partial charge in [0.15, 0.2) is 0 Å². The van der Waals surface area contributed by atoms with Crippen molar-refractivity contribution >= 4 is 15.9 Å². The molecule has 1 atom stereocenters. The molecule has 1 heterocycles. The monoisotopic (exact) mass is 540 g/mol. The van der Waals surface area contributed by atoms with Gasteiger partial charge in [0.05, 0.1) is 5.69 Å². The summed E-state index contributed by atoms with van der Waals surface area (Å²) in [6.45, 7) is 0.394. The van der Waals surface area contributed by atoms with Crippen LogP contribution in [0.2, 0.25) is 0 Å². The number of nitrogens with one attached hydrogen (secondary N) is 1. The SMILES string of the molecule is O=S(=O)(Nc1ccc(OC(F)(F)F)cc1)N1CCCCC(C(c2ccc(F)cc2)c2ccc(F)cc2)C1. The molecule has 1 saturated heterocycles. The summed E-state index contributed by atoms with van der Waals surface area (Å²) in [5.74, 6) is -1.77. The number of ether oxygens (including phenoxy) is 1. The Morgan fingerprint density at radius 3 is 1.89 bits per heavy atom. The number of hydrogen-bond donors (Lipinski definition) is 1. The van der Waals surface area contributed by atoms with E-state index in [9.17, 15) is 30.4 Å². The molecule has 1 aliphatic heterocycles. The maximum Gasteiger partial charge on any atom is 0.573 e. The Balaban J connectivity index is 1.57. The van der Waals surface area contributed by atoms with Gasteiger partial charge in [-0.05, 0) is 78.4 Å². The zero-order valence-electron chi connectivity index (χ0n) is 19.6. The minimum Gasteiger partial charge on any atom is -0.406 e. The summed E-state index contributed by atoms with van der Waals surface area (Å²) in [5, 5.41) is 0. The highest BCUT2D eigenvalue weighted by atomic mass is 32.2. The van der Waals surface area contributed by atoms with E-state index in [1.54, 1.807) is 24.3 Å². The molecule has 1 aliphatic rings. The van der Waals surface area contributed by atoms with Crippen LogP contribution in [0.25, 0.3) is 0 Å². The molecule has 11 heteroatoms. The molecular formula is C26H25F5N2O3S. The molecule has 0 aromatic heterocycles. The van der Waals surface area contributed by atoms with Gasteiger partial charge < -0.3 is 4.74 Å². The molecule has 1 N–H and O–H groups in total. The van der Waals surface area contributed by atoms with Crippen LogP contribution in [0.5, 0.6) is 5.75 Å². The van der Waals surface area contributed by atoms with E-state index in [1.165, 1.54) is 40.7 Å². The van der Waals surface area contributed by atoms with Crippen molar-refractivity contribution in [2.45, 2.75) is 31.5 Å². The van der Waals surface area contributed by atoms with Gasteiger partial charge in [0.2, 0.25) is 0 Å². The summed E-state index contributed by atoms with van der Waals surface area (Å²) < 4.78 is 98.5. The van der Waals surface area contributed by atoms with E-state index < -0.39 is 34.0 Å².